The number of hydrogen-bond acceptors (Lipinski definition) is 4. The van der Waals surface area contributed by atoms with E-state index >= 15 is 0 Å². The van der Waals surface area contributed by atoms with Gasteiger partial charge in [-0.2, -0.15) is 0 Å². The second kappa shape index (κ2) is 5.69. The third kappa shape index (κ3) is 3.12. The zero-order valence-corrected chi connectivity index (χ0v) is 12.8. The highest BCUT2D eigenvalue weighted by Crippen LogP contribution is 2.41. The molecule has 0 bridgehead atoms. The van der Waals surface area contributed by atoms with Gasteiger partial charge in [-0.15, -0.1) is 11.3 Å². The lowest BCUT2D eigenvalue weighted by molar-refractivity contribution is -0.00382. The lowest BCUT2D eigenvalue weighted by Crippen LogP contribution is -2.49. The van der Waals surface area contributed by atoms with Gasteiger partial charge in [0.15, 0.2) is 0 Å². The molecule has 110 valence electrons. The molecule has 6 heteroatoms. The van der Waals surface area contributed by atoms with Gasteiger partial charge < -0.3 is 15.0 Å². The minimum absolute atomic E-state index is 0.0198. The van der Waals surface area contributed by atoms with Gasteiger partial charge >= 0.3 is 6.03 Å². The number of hydrogen-bond donors (Lipinski definition) is 1. The van der Waals surface area contributed by atoms with Crippen molar-refractivity contribution in [2.45, 2.75) is 44.8 Å². The second-order valence-corrected chi connectivity index (χ2v) is 6.57. The number of rotatable bonds is 3. The Labute approximate surface area is 123 Å². The van der Waals surface area contributed by atoms with Gasteiger partial charge in [-0.3, -0.25) is 0 Å². The van der Waals surface area contributed by atoms with Crippen LogP contribution in [0.4, 0.5) is 4.79 Å². The molecule has 2 unspecified atom stereocenters. The maximum Gasteiger partial charge on any atom is 0.318 e. The highest BCUT2D eigenvalue weighted by atomic mass is 32.1. The van der Waals surface area contributed by atoms with E-state index in [-0.39, 0.29) is 18.2 Å². The molecule has 1 aromatic heterocycles. The molecule has 3 rings (SSSR count). The summed E-state index contributed by atoms with van der Waals surface area (Å²) < 4.78 is 5.45. The van der Waals surface area contributed by atoms with Crippen LogP contribution in [0.25, 0.3) is 0 Å². The average molecular weight is 295 g/mol. The first-order valence-corrected chi connectivity index (χ1v) is 8.14. The Morgan fingerprint density at radius 3 is 3.10 bits per heavy atom. The summed E-state index contributed by atoms with van der Waals surface area (Å²) in [6, 6.07) is -0.0574. The molecular formula is C14H21N3O2S. The summed E-state index contributed by atoms with van der Waals surface area (Å²) >= 11 is 1.72. The van der Waals surface area contributed by atoms with Crippen LogP contribution in [0.3, 0.4) is 0 Å². The van der Waals surface area contributed by atoms with Gasteiger partial charge in [0.2, 0.25) is 0 Å². The van der Waals surface area contributed by atoms with Gasteiger partial charge in [0.1, 0.15) is 0 Å². The van der Waals surface area contributed by atoms with E-state index in [2.05, 4.69) is 15.7 Å². The van der Waals surface area contributed by atoms with Crippen LogP contribution in [0.1, 0.15) is 49.4 Å². The Balaban J connectivity index is 1.56. The Morgan fingerprint density at radius 1 is 1.60 bits per heavy atom. The number of ether oxygens (including phenoxy) is 1. The average Bonchev–Trinajstić information content (AvgIpc) is 3.16. The van der Waals surface area contributed by atoms with Crippen molar-refractivity contribution in [3.05, 3.63) is 16.1 Å². The minimum Gasteiger partial charge on any atom is -0.375 e. The molecule has 2 fully saturated rings. The Bertz CT molecular complexity index is 487. The fourth-order valence-electron chi connectivity index (χ4n) is 2.37. The van der Waals surface area contributed by atoms with Crippen molar-refractivity contribution in [1.29, 1.82) is 0 Å². The first-order valence-electron chi connectivity index (χ1n) is 7.26. The molecule has 1 saturated heterocycles. The number of morpholine rings is 1. The fraction of sp³-hybridized carbons (Fsp3) is 0.714. The van der Waals surface area contributed by atoms with Crippen molar-refractivity contribution < 1.29 is 9.53 Å². The van der Waals surface area contributed by atoms with Gasteiger partial charge in [-0.05, 0) is 26.7 Å². The maximum atomic E-state index is 12.2. The molecule has 2 atom stereocenters. The van der Waals surface area contributed by atoms with Crippen LogP contribution in [0, 0.1) is 0 Å². The zero-order chi connectivity index (χ0) is 14.1. The van der Waals surface area contributed by atoms with E-state index in [1.807, 2.05) is 18.7 Å². The maximum absolute atomic E-state index is 12.2. The smallest absolute Gasteiger partial charge is 0.318 e. The van der Waals surface area contributed by atoms with E-state index in [0.717, 1.165) is 5.69 Å². The molecule has 0 radical (unpaired) electrons. The molecule has 1 N–H and O–H groups in total. The lowest BCUT2D eigenvalue weighted by atomic mass is 10.2. The number of thiazole rings is 1. The molecule has 2 heterocycles. The van der Waals surface area contributed by atoms with E-state index in [1.165, 1.54) is 17.8 Å². The summed E-state index contributed by atoms with van der Waals surface area (Å²) in [5, 5.41) is 6.33. The van der Waals surface area contributed by atoms with Crippen LogP contribution in [-0.2, 0) is 4.74 Å². The van der Waals surface area contributed by atoms with Crippen LogP contribution in [0.5, 0.6) is 0 Å². The van der Waals surface area contributed by atoms with Gasteiger partial charge in [0.25, 0.3) is 0 Å². The number of carbonyl (C=O) groups excluding carboxylic acids is 1. The summed E-state index contributed by atoms with van der Waals surface area (Å²) in [6.45, 7) is 5.92. The lowest BCUT2D eigenvalue weighted by Gasteiger charge is -2.31. The standard InChI is InChI=1S/C14H21N3O2S/c1-9-7-17(5-6-19-9)14(18)15-10(2)12-8-20-13(16-12)11-3-4-11/h8-11H,3-7H2,1-2H3,(H,15,18). The molecule has 0 aromatic carbocycles. The van der Waals surface area contributed by atoms with Crippen LogP contribution in [0.2, 0.25) is 0 Å². The Morgan fingerprint density at radius 2 is 2.40 bits per heavy atom. The van der Waals surface area contributed by atoms with Crippen LogP contribution >= 0.6 is 11.3 Å². The monoisotopic (exact) mass is 295 g/mol. The summed E-state index contributed by atoms with van der Waals surface area (Å²) in [7, 11) is 0. The molecule has 1 aromatic rings. The van der Waals surface area contributed by atoms with Crippen molar-refractivity contribution in [1.82, 2.24) is 15.2 Å². The quantitative estimate of drug-likeness (QED) is 0.932. The molecule has 1 aliphatic carbocycles. The van der Waals surface area contributed by atoms with Crippen molar-refractivity contribution in [2.75, 3.05) is 19.7 Å². The van der Waals surface area contributed by atoms with E-state index < -0.39 is 0 Å². The summed E-state index contributed by atoms with van der Waals surface area (Å²) in [4.78, 5) is 18.7. The Hall–Kier alpha value is -1.14. The number of aromatic nitrogens is 1. The van der Waals surface area contributed by atoms with Gasteiger partial charge in [-0.1, -0.05) is 0 Å². The van der Waals surface area contributed by atoms with E-state index in [1.54, 1.807) is 11.3 Å². The predicted octanol–water partition coefficient (Wildman–Crippen LogP) is 2.51. The topological polar surface area (TPSA) is 54.5 Å². The second-order valence-electron chi connectivity index (χ2n) is 5.68. The number of amides is 2. The predicted molar refractivity (Wildman–Crippen MR) is 78.0 cm³/mol. The van der Waals surface area contributed by atoms with Crippen molar-refractivity contribution in [3.63, 3.8) is 0 Å². The zero-order valence-electron chi connectivity index (χ0n) is 12.0. The first-order chi connectivity index (χ1) is 9.63. The Kier molecular flexibility index (Phi) is 3.94. The molecule has 1 aliphatic heterocycles. The van der Waals surface area contributed by atoms with Gasteiger partial charge in [-0.25, -0.2) is 9.78 Å². The highest BCUT2D eigenvalue weighted by Gasteiger charge is 2.28. The van der Waals surface area contributed by atoms with Crippen LogP contribution in [-0.4, -0.2) is 41.7 Å². The largest absolute Gasteiger partial charge is 0.375 e. The summed E-state index contributed by atoms with van der Waals surface area (Å²) in [5.41, 5.74) is 0.978. The SMILES string of the molecule is CC1CN(C(=O)NC(C)c2csc(C3CC3)n2)CCO1. The number of carbonyl (C=O) groups is 1. The summed E-state index contributed by atoms with van der Waals surface area (Å²) in [6.07, 6.45) is 2.64. The highest BCUT2D eigenvalue weighted by molar-refractivity contribution is 7.09. The fourth-order valence-corrected chi connectivity index (χ4v) is 3.46. The van der Waals surface area contributed by atoms with E-state index in [9.17, 15) is 4.79 Å². The van der Waals surface area contributed by atoms with Crippen LogP contribution < -0.4 is 5.32 Å². The number of nitrogens with zero attached hydrogens (tertiary/aromatic N) is 2. The minimum atomic E-state index is -0.0376. The molecule has 20 heavy (non-hydrogen) atoms. The molecular weight excluding hydrogens is 274 g/mol. The molecule has 2 amide bonds. The third-order valence-corrected chi connectivity index (χ3v) is 4.80. The third-order valence-electron chi connectivity index (χ3n) is 3.78. The molecule has 1 saturated carbocycles. The van der Waals surface area contributed by atoms with Gasteiger partial charge in [0.05, 0.1) is 29.5 Å². The molecule has 2 aliphatic rings. The number of urea groups is 1. The van der Waals surface area contributed by atoms with Crippen LogP contribution in [0.15, 0.2) is 5.38 Å². The van der Waals surface area contributed by atoms with E-state index in [0.29, 0.717) is 25.6 Å². The summed E-state index contributed by atoms with van der Waals surface area (Å²) in [5.74, 6) is 0.678. The van der Waals surface area contributed by atoms with Gasteiger partial charge in [0, 0.05) is 24.4 Å². The molecule has 5 nitrogen and oxygen atoms in total. The molecule has 0 spiro atoms. The first kappa shape index (κ1) is 13.8. The van der Waals surface area contributed by atoms with Crippen molar-refractivity contribution in [3.8, 4) is 0 Å². The van der Waals surface area contributed by atoms with Crippen molar-refractivity contribution >= 4 is 17.4 Å². The van der Waals surface area contributed by atoms with Crippen molar-refractivity contribution in [2.24, 2.45) is 0 Å². The number of nitrogens with one attached hydrogen (secondary N) is 1. The van der Waals surface area contributed by atoms with E-state index in [4.69, 9.17) is 4.74 Å². The normalized spacial score (nSPS) is 24.5.